The van der Waals surface area contributed by atoms with E-state index in [0.29, 0.717) is 0 Å². The fraction of sp³-hybridized carbons (Fsp3) is 1.00. The predicted octanol–water partition coefficient (Wildman–Crippen LogP) is 4.91. The molecule has 1 heteroatoms. The van der Waals surface area contributed by atoms with Crippen LogP contribution in [0.3, 0.4) is 0 Å². The van der Waals surface area contributed by atoms with Crippen LogP contribution in [0.5, 0.6) is 0 Å². The summed E-state index contributed by atoms with van der Waals surface area (Å²) in [5.41, 5.74) is 0. The van der Waals surface area contributed by atoms with Crippen LogP contribution >= 0.6 is 0 Å². The maximum absolute atomic E-state index is 3.77. The largest absolute Gasteiger partial charge is 0.314 e. The van der Waals surface area contributed by atoms with Crippen LogP contribution in [0.15, 0.2) is 0 Å². The topological polar surface area (TPSA) is 12.0 Å². The van der Waals surface area contributed by atoms with Gasteiger partial charge in [-0.2, -0.15) is 0 Å². The molecule has 0 aromatic rings. The number of hydrogen-bond acceptors (Lipinski definition) is 1. The van der Waals surface area contributed by atoms with Crippen LogP contribution in [0.25, 0.3) is 0 Å². The van der Waals surface area contributed by atoms with Gasteiger partial charge in [0.1, 0.15) is 0 Å². The summed E-state index contributed by atoms with van der Waals surface area (Å²) in [7, 11) is 0. The van der Waals surface area contributed by atoms with Crippen molar-refractivity contribution in [1.82, 2.24) is 5.32 Å². The van der Waals surface area contributed by atoms with E-state index in [2.05, 4.69) is 5.32 Å². The van der Waals surface area contributed by atoms with Gasteiger partial charge in [-0.3, -0.25) is 0 Å². The molecule has 0 aromatic heterocycles. The Hall–Kier alpha value is -0.0400. The maximum Gasteiger partial charge on any atom is 0.00703 e. The summed E-state index contributed by atoms with van der Waals surface area (Å²) in [5, 5.41) is 3.77. The number of hydrogen-bond donors (Lipinski definition) is 1. The first kappa shape index (κ1) is 13.9. The van der Waals surface area contributed by atoms with Gasteiger partial charge in [-0.25, -0.2) is 0 Å². The molecule has 0 bridgehead atoms. The normalized spacial score (nSPS) is 31.1. The SMILES string of the molecule is C1CCC(C(CC2CCCN2)C2CCCCC2)CC1. The highest BCUT2D eigenvalue weighted by Crippen LogP contribution is 2.42. The van der Waals surface area contributed by atoms with Crippen molar-refractivity contribution in [2.24, 2.45) is 17.8 Å². The molecule has 3 fully saturated rings. The average molecular weight is 263 g/mol. The van der Waals surface area contributed by atoms with Gasteiger partial charge in [0.05, 0.1) is 0 Å². The van der Waals surface area contributed by atoms with Crippen LogP contribution in [0.2, 0.25) is 0 Å². The third-order valence-corrected chi connectivity index (χ3v) is 6.23. The second-order valence-electron chi connectivity index (χ2n) is 7.49. The Morgan fingerprint density at radius 2 is 1.26 bits per heavy atom. The molecule has 0 amide bonds. The first-order valence-corrected chi connectivity index (χ1v) is 9.17. The lowest BCUT2D eigenvalue weighted by atomic mass is 9.67. The molecule has 2 saturated carbocycles. The minimum Gasteiger partial charge on any atom is -0.314 e. The van der Waals surface area contributed by atoms with Gasteiger partial charge in [0.25, 0.3) is 0 Å². The summed E-state index contributed by atoms with van der Waals surface area (Å²) >= 11 is 0. The second kappa shape index (κ2) is 7.11. The zero-order valence-electron chi connectivity index (χ0n) is 12.7. The minimum atomic E-state index is 0.869. The summed E-state index contributed by atoms with van der Waals surface area (Å²) in [6, 6.07) is 0.869. The van der Waals surface area contributed by atoms with E-state index in [4.69, 9.17) is 0 Å². The molecule has 1 unspecified atom stereocenters. The van der Waals surface area contributed by atoms with Crippen molar-refractivity contribution >= 4 is 0 Å². The van der Waals surface area contributed by atoms with Gasteiger partial charge in [0, 0.05) is 6.04 Å². The van der Waals surface area contributed by atoms with Crippen molar-refractivity contribution in [2.75, 3.05) is 6.54 Å². The molecular weight excluding hydrogens is 230 g/mol. The molecule has 1 atom stereocenters. The van der Waals surface area contributed by atoms with Crippen LogP contribution in [-0.4, -0.2) is 12.6 Å². The van der Waals surface area contributed by atoms with Gasteiger partial charge < -0.3 is 5.32 Å². The highest BCUT2D eigenvalue weighted by molar-refractivity contribution is 4.86. The summed E-state index contributed by atoms with van der Waals surface area (Å²) in [5.74, 6) is 3.23. The summed E-state index contributed by atoms with van der Waals surface area (Å²) in [4.78, 5) is 0. The summed E-state index contributed by atoms with van der Waals surface area (Å²) in [6.07, 6.45) is 19.7. The predicted molar refractivity (Wildman–Crippen MR) is 82.3 cm³/mol. The molecule has 3 rings (SSSR count). The lowest BCUT2D eigenvalue weighted by Gasteiger charge is -2.39. The Morgan fingerprint density at radius 1 is 0.684 bits per heavy atom. The van der Waals surface area contributed by atoms with Crippen molar-refractivity contribution in [2.45, 2.75) is 89.5 Å². The highest BCUT2D eigenvalue weighted by Gasteiger charge is 2.33. The first-order chi connectivity index (χ1) is 9.43. The third kappa shape index (κ3) is 3.74. The van der Waals surface area contributed by atoms with E-state index >= 15 is 0 Å². The van der Waals surface area contributed by atoms with Crippen molar-refractivity contribution in [1.29, 1.82) is 0 Å². The smallest absolute Gasteiger partial charge is 0.00703 e. The molecule has 0 radical (unpaired) electrons. The van der Waals surface area contributed by atoms with Crippen molar-refractivity contribution in [3.05, 3.63) is 0 Å². The lowest BCUT2D eigenvalue weighted by molar-refractivity contribution is 0.125. The van der Waals surface area contributed by atoms with E-state index in [1.54, 1.807) is 25.7 Å². The van der Waals surface area contributed by atoms with Crippen LogP contribution in [0.4, 0.5) is 0 Å². The Labute approximate surface area is 119 Å². The molecule has 1 nitrogen and oxygen atoms in total. The van der Waals surface area contributed by atoms with E-state index in [1.165, 1.54) is 64.3 Å². The molecular formula is C18H33N. The summed E-state index contributed by atoms with van der Waals surface area (Å²) in [6.45, 7) is 1.28. The Bertz CT molecular complexity index is 226. The Morgan fingerprint density at radius 3 is 1.74 bits per heavy atom. The van der Waals surface area contributed by atoms with E-state index in [-0.39, 0.29) is 0 Å². The molecule has 1 saturated heterocycles. The molecule has 1 aliphatic heterocycles. The van der Waals surface area contributed by atoms with Crippen LogP contribution in [-0.2, 0) is 0 Å². The molecule has 3 aliphatic rings. The zero-order valence-corrected chi connectivity index (χ0v) is 12.7. The molecule has 110 valence electrons. The molecule has 19 heavy (non-hydrogen) atoms. The van der Waals surface area contributed by atoms with Gasteiger partial charge in [0.15, 0.2) is 0 Å². The van der Waals surface area contributed by atoms with E-state index < -0.39 is 0 Å². The average Bonchev–Trinajstić information content (AvgIpc) is 3.00. The monoisotopic (exact) mass is 263 g/mol. The van der Waals surface area contributed by atoms with E-state index in [9.17, 15) is 0 Å². The van der Waals surface area contributed by atoms with Gasteiger partial charge >= 0.3 is 0 Å². The van der Waals surface area contributed by atoms with Crippen molar-refractivity contribution in [3.63, 3.8) is 0 Å². The van der Waals surface area contributed by atoms with E-state index in [1.807, 2.05) is 0 Å². The van der Waals surface area contributed by atoms with E-state index in [0.717, 1.165) is 23.8 Å². The minimum absolute atomic E-state index is 0.869. The molecule has 0 spiro atoms. The zero-order chi connectivity index (χ0) is 12.9. The Balaban J connectivity index is 1.62. The Kier molecular flexibility index (Phi) is 5.21. The van der Waals surface area contributed by atoms with Crippen LogP contribution in [0.1, 0.15) is 83.5 Å². The molecule has 2 aliphatic carbocycles. The fourth-order valence-electron chi connectivity index (χ4n) is 5.18. The molecule has 1 N–H and O–H groups in total. The fourth-order valence-corrected chi connectivity index (χ4v) is 5.18. The number of nitrogens with one attached hydrogen (secondary N) is 1. The van der Waals surface area contributed by atoms with Crippen molar-refractivity contribution < 1.29 is 0 Å². The van der Waals surface area contributed by atoms with Gasteiger partial charge in [0.2, 0.25) is 0 Å². The van der Waals surface area contributed by atoms with Crippen LogP contribution in [0, 0.1) is 17.8 Å². The van der Waals surface area contributed by atoms with Gasteiger partial charge in [-0.15, -0.1) is 0 Å². The van der Waals surface area contributed by atoms with Gasteiger partial charge in [-0.1, -0.05) is 64.2 Å². The quantitative estimate of drug-likeness (QED) is 0.760. The maximum atomic E-state index is 3.77. The lowest BCUT2D eigenvalue weighted by Crippen LogP contribution is -2.33. The molecule has 1 heterocycles. The van der Waals surface area contributed by atoms with Gasteiger partial charge in [-0.05, 0) is 43.6 Å². The first-order valence-electron chi connectivity index (χ1n) is 9.17. The highest BCUT2D eigenvalue weighted by atomic mass is 14.9. The second-order valence-corrected chi connectivity index (χ2v) is 7.49. The standard InChI is InChI=1S/C18H33N/c1-3-8-15(9-4-1)18(14-17-12-7-13-19-17)16-10-5-2-6-11-16/h15-19H,1-14H2. The number of rotatable bonds is 4. The van der Waals surface area contributed by atoms with Crippen molar-refractivity contribution in [3.8, 4) is 0 Å². The summed E-state index contributed by atoms with van der Waals surface area (Å²) < 4.78 is 0. The van der Waals surface area contributed by atoms with Crippen LogP contribution < -0.4 is 5.32 Å². The third-order valence-electron chi connectivity index (χ3n) is 6.23. The molecule has 0 aromatic carbocycles.